The van der Waals surface area contributed by atoms with Crippen molar-refractivity contribution in [2.24, 2.45) is 0 Å². The van der Waals surface area contributed by atoms with E-state index in [9.17, 15) is 0 Å². The van der Waals surface area contributed by atoms with Gasteiger partial charge in [0.2, 0.25) is 0 Å². The van der Waals surface area contributed by atoms with Crippen LogP contribution in [0, 0.1) is 0 Å². The molecule has 1 aliphatic rings. The van der Waals surface area contributed by atoms with E-state index in [0.29, 0.717) is 0 Å². The van der Waals surface area contributed by atoms with Gasteiger partial charge >= 0.3 is 0 Å². The maximum atomic E-state index is 5.46. The van der Waals surface area contributed by atoms with E-state index in [1.807, 2.05) is 12.1 Å². The Balaban J connectivity index is 1.91. The Kier molecular flexibility index (Phi) is 4.72. The quantitative estimate of drug-likeness (QED) is 0.920. The molecule has 4 nitrogen and oxygen atoms in total. The molecule has 1 unspecified atom stereocenters. The van der Waals surface area contributed by atoms with Crippen molar-refractivity contribution in [1.82, 2.24) is 5.32 Å². The van der Waals surface area contributed by atoms with Crippen LogP contribution in [0.25, 0.3) is 0 Å². The standard InChI is InChI=1S/C19H23NO3/c1-21-15-6-4-5-13(9-15)10-17-16-12-19(23-3)18(22-2)11-14(16)7-8-20-17/h4-6,9,11-12,17,20H,7-8,10H2,1-3H3. The number of methoxy groups -OCH3 is 3. The van der Waals surface area contributed by atoms with Crippen molar-refractivity contribution in [2.45, 2.75) is 18.9 Å². The largest absolute Gasteiger partial charge is 0.497 e. The summed E-state index contributed by atoms with van der Waals surface area (Å²) in [5.41, 5.74) is 3.87. The molecule has 1 N–H and O–H groups in total. The zero-order valence-corrected chi connectivity index (χ0v) is 13.9. The summed E-state index contributed by atoms with van der Waals surface area (Å²) in [5, 5.41) is 3.61. The van der Waals surface area contributed by atoms with E-state index in [0.717, 1.165) is 36.6 Å². The van der Waals surface area contributed by atoms with Crippen molar-refractivity contribution in [3.05, 3.63) is 53.1 Å². The minimum Gasteiger partial charge on any atom is -0.497 e. The van der Waals surface area contributed by atoms with E-state index in [-0.39, 0.29) is 6.04 Å². The van der Waals surface area contributed by atoms with E-state index in [1.54, 1.807) is 21.3 Å². The fourth-order valence-electron chi connectivity index (χ4n) is 3.19. The van der Waals surface area contributed by atoms with Gasteiger partial charge < -0.3 is 19.5 Å². The summed E-state index contributed by atoms with van der Waals surface area (Å²) in [6.07, 6.45) is 1.92. The second-order valence-corrected chi connectivity index (χ2v) is 5.72. The van der Waals surface area contributed by atoms with Gasteiger partial charge in [-0.25, -0.2) is 0 Å². The Hall–Kier alpha value is -2.20. The van der Waals surface area contributed by atoms with Crippen LogP contribution in [-0.2, 0) is 12.8 Å². The van der Waals surface area contributed by atoms with E-state index >= 15 is 0 Å². The molecule has 1 aliphatic heterocycles. The van der Waals surface area contributed by atoms with Crippen molar-refractivity contribution >= 4 is 0 Å². The van der Waals surface area contributed by atoms with Gasteiger partial charge in [0.1, 0.15) is 5.75 Å². The topological polar surface area (TPSA) is 39.7 Å². The molecule has 0 amide bonds. The SMILES string of the molecule is COc1cccc(CC2NCCc3cc(OC)c(OC)cc32)c1. The molecule has 2 aromatic carbocycles. The van der Waals surface area contributed by atoms with Crippen LogP contribution >= 0.6 is 0 Å². The molecule has 0 radical (unpaired) electrons. The predicted molar refractivity (Wildman–Crippen MR) is 90.7 cm³/mol. The predicted octanol–water partition coefficient (Wildman–Crippen LogP) is 3.14. The molecular formula is C19H23NO3. The maximum Gasteiger partial charge on any atom is 0.161 e. The summed E-state index contributed by atoms with van der Waals surface area (Å²) < 4.78 is 16.2. The molecule has 0 saturated carbocycles. The van der Waals surface area contributed by atoms with Gasteiger partial charge in [0.05, 0.1) is 21.3 Å². The number of nitrogens with one attached hydrogen (secondary N) is 1. The summed E-state index contributed by atoms with van der Waals surface area (Å²) in [5.74, 6) is 2.48. The van der Waals surface area contributed by atoms with E-state index in [1.165, 1.54) is 16.7 Å². The Morgan fingerprint density at radius 3 is 2.52 bits per heavy atom. The summed E-state index contributed by atoms with van der Waals surface area (Å²) in [6, 6.07) is 12.7. The normalized spacial score (nSPS) is 16.6. The highest BCUT2D eigenvalue weighted by Crippen LogP contribution is 2.36. The molecule has 23 heavy (non-hydrogen) atoms. The van der Waals surface area contributed by atoms with Crippen LogP contribution in [0.1, 0.15) is 22.7 Å². The molecule has 0 aliphatic carbocycles. The number of rotatable bonds is 5. The lowest BCUT2D eigenvalue weighted by Crippen LogP contribution is -2.31. The number of hydrogen-bond donors (Lipinski definition) is 1. The van der Waals surface area contributed by atoms with Gasteiger partial charge in [0.25, 0.3) is 0 Å². The third-order valence-electron chi connectivity index (χ3n) is 4.38. The fourth-order valence-corrected chi connectivity index (χ4v) is 3.19. The summed E-state index contributed by atoms with van der Waals surface area (Å²) in [7, 11) is 5.06. The monoisotopic (exact) mass is 313 g/mol. The summed E-state index contributed by atoms with van der Waals surface area (Å²) >= 11 is 0. The Labute approximate surface area is 137 Å². The van der Waals surface area contributed by atoms with Gasteiger partial charge in [-0.3, -0.25) is 0 Å². The van der Waals surface area contributed by atoms with E-state index in [2.05, 4.69) is 29.6 Å². The number of hydrogen-bond acceptors (Lipinski definition) is 4. The zero-order valence-electron chi connectivity index (χ0n) is 13.9. The molecule has 0 fully saturated rings. The van der Waals surface area contributed by atoms with Crippen LogP contribution in [0.3, 0.4) is 0 Å². The molecular weight excluding hydrogens is 290 g/mol. The van der Waals surface area contributed by atoms with Crippen LogP contribution < -0.4 is 19.5 Å². The Morgan fingerprint density at radius 2 is 1.78 bits per heavy atom. The lowest BCUT2D eigenvalue weighted by atomic mass is 9.90. The van der Waals surface area contributed by atoms with Crippen molar-refractivity contribution in [3.8, 4) is 17.2 Å². The van der Waals surface area contributed by atoms with Gasteiger partial charge in [-0.05, 0) is 60.3 Å². The van der Waals surface area contributed by atoms with Gasteiger partial charge in [0.15, 0.2) is 11.5 Å². The van der Waals surface area contributed by atoms with Gasteiger partial charge in [-0.15, -0.1) is 0 Å². The number of benzene rings is 2. The Bertz CT molecular complexity index is 684. The van der Waals surface area contributed by atoms with Crippen LogP contribution in [0.2, 0.25) is 0 Å². The average molecular weight is 313 g/mol. The van der Waals surface area contributed by atoms with Gasteiger partial charge in [0, 0.05) is 6.04 Å². The second kappa shape index (κ2) is 6.92. The lowest BCUT2D eigenvalue weighted by molar-refractivity contribution is 0.352. The molecule has 0 spiro atoms. The van der Waals surface area contributed by atoms with Crippen LogP contribution in [0.15, 0.2) is 36.4 Å². The molecule has 2 aromatic rings. The highest BCUT2D eigenvalue weighted by Gasteiger charge is 2.22. The van der Waals surface area contributed by atoms with Gasteiger partial charge in [-0.2, -0.15) is 0 Å². The van der Waals surface area contributed by atoms with Gasteiger partial charge in [-0.1, -0.05) is 12.1 Å². The van der Waals surface area contributed by atoms with Crippen LogP contribution in [0.4, 0.5) is 0 Å². The first-order chi connectivity index (χ1) is 11.2. The lowest BCUT2D eigenvalue weighted by Gasteiger charge is -2.28. The fraction of sp³-hybridized carbons (Fsp3) is 0.368. The zero-order chi connectivity index (χ0) is 16.2. The molecule has 122 valence electrons. The Morgan fingerprint density at radius 1 is 1.00 bits per heavy atom. The molecule has 4 heteroatoms. The number of fused-ring (bicyclic) bond motifs is 1. The third-order valence-corrected chi connectivity index (χ3v) is 4.38. The molecule has 1 atom stereocenters. The van der Waals surface area contributed by atoms with Crippen LogP contribution in [0.5, 0.6) is 17.2 Å². The number of ether oxygens (including phenoxy) is 3. The van der Waals surface area contributed by atoms with E-state index in [4.69, 9.17) is 14.2 Å². The van der Waals surface area contributed by atoms with Crippen molar-refractivity contribution in [1.29, 1.82) is 0 Å². The highest BCUT2D eigenvalue weighted by atomic mass is 16.5. The van der Waals surface area contributed by atoms with Crippen molar-refractivity contribution in [2.75, 3.05) is 27.9 Å². The molecule has 1 heterocycles. The maximum absolute atomic E-state index is 5.46. The van der Waals surface area contributed by atoms with Crippen molar-refractivity contribution < 1.29 is 14.2 Å². The average Bonchev–Trinajstić information content (AvgIpc) is 2.61. The molecule has 0 saturated heterocycles. The summed E-state index contributed by atoms with van der Waals surface area (Å²) in [6.45, 7) is 0.969. The van der Waals surface area contributed by atoms with E-state index < -0.39 is 0 Å². The summed E-state index contributed by atoms with van der Waals surface area (Å²) in [4.78, 5) is 0. The smallest absolute Gasteiger partial charge is 0.161 e. The third kappa shape index (κ3) is 3.27. The minimum absolute atomic E-state index is 0.269. The first kappa shape index (κ1) is 15.7. The second-order valence-electron chi connectivity index (χ2n) is 5.72. The first-order valence-electron chi connectivity index (χ1n) is 7.86. The molecule has 0 bridgehead atoms. The molecule has 3 rings (SSSR count). The van der Waals surface area contributed by atoms with Crippen molar-refractivity contribution in [3.63, 3.8) is 0 Å². The molecule has 0 aromatic heterocycles. The highest BCUT2D eigenvalue weighted by molar-refractivity contribution is 5.49. The van der Waals surface area contributed by atoms with Crippen LogP contribution in [-0.4, -0.2) is 27.9 Å². The minimum atomic E-state index is 0.269. The first-order valence-corrected chi connectivity index (χ1v) is 7.86.